The monoisotopic (exact) mass is 340 g/mol. The Bertz CT molecular complexity index is 752. The number of nitrogen functional groups attached to an aromatic ring is 1. The summed E-state index contributed by atoms with van der Waals surface area (Å²) in [6.07, 6.45) is -0.689. The van der Waals surface area contributed by atoms with Crippen molar-refractivity contribution in [2.45, 2.75) is 31.9 Å². The van der Waals surface area contributed by atoms with Crippen molar-refractivity contribution in [3.8, 4) is 0 Å². The average molecular weight is 340 g/mol. The molecule has 23 heavy (non-hydrogen) atoms. The molecule has 1 aliphatic carbocycles. The van der Waals surface area contributed by atoms with Crippen molar-refractivity contribution in [1.82, 2.24) is 0 Å². The molecule has 0 aliphatic heterocycles. The van der Waals surface area contributed by atoms with E-state index in [1.165, 1.54) is 23.5 Å². The van der Waals surface area contributed by atoms with Gasteiger partial charge in [-0.3, -0.25) is 4.79 Å². The van der Waals surface area contributed by atoms with Crippen LogP contribution in [0, 0.1) is 0 Å². The first kappa shape index (κ1) is 15.9. The maximum absolute atomic E-state index is 12.7. The van der Waals surface area contributed by atoms with Crippen LogP contribution < -0.4 is 11.1 Å². The van der Waals surface area contributed by atoms with Gasteiger partial charge in [0.1, 0.15) is 0 Å². The Hall–Kier alpha value is -2.02. The highest BCUT2D eigenvalue weighted by atomic mass is 32.1. The van der Waals surface area contributed by atoms with Gasteiger partial charge in [-0.25, -0.2) is 0 Å². The molecule has 1 heterocycles. The Morgan fingerprint density at radius 3 is 2.70 bits per heavy atom. The predicted molar refractivity (Wildman–Crippen MR) is 84.8 cm³/mol. The summed E-state index contributed by atoms with van der Waals surface area (Å²) in [5.41, 5.74) is 6.63. The van der Waals surface area contributed by atoms with Crippen molar-refractivity contribution in [2.24, 2.45) is 0 Å². The van der Waals surface area contributed by atoms with Crippen LogP contribution in [0.25, 0.3) is 0 Å². The summed E-state index contributed by atoms with van der Waals surface area (Å²) < 4.78 is 38.2. The standard InChI is InChI=1S/C16H15F3N2OS/c17-16(18,19)9-4-3-5-10(8-9)21-15(22)13-11-6-1-2-7-12(11)23-14(13)20/h3-5,8H,1-2,6-7,20H2,(H,21,22). The molecule has 1 aromatic carbocycles. The Morgan fingerprint density at radius 2 is 1.96 bits per heavy atom. The summed E-state index contributed by atoms with van der Waals surface area (Å²) >= 11 is 1.40. The summed E-state index contributed by atoms with van der Waals surface area (Å²) in [6.45, 7) is 0. The number of carbonyl (C=O) groups is 1. The molecule has 0 fully saturated rings. The van der Waals surface area contributed by atoms with E-state index in [0.29, 0.717) is 10.6 Å². The Labute approximate surface area is 135 Å². The number of fused-ring (bicyclic) bond motifs is 1. The van der Waals surface area contributed by atoms with E-state index >= 15 is 0 Å². The van der Waals surface area contributed by atoms with E-state index < -0.39 is 17.6 Å². The number of hydrogen-bond donors (Lipinski definition) is 2. The van der Waals surface area contributed by atoms with Gasteiger partial charge in [0.05, 0.1) is 16.1 Å². The van der Waals surface area contributed by atoms with E-state index in [1.54, 1.807) is 0 Å². The molecule has 0 unspecified atom stereocenters. The molecule has 3 N–H and O–H groups in total. The molecule has 0 spiro atoms. The van der Waals surface area contributed by atoms with E-state index in [-0.39, 0.29) is 5.69 Å². The molecular formula is C16H15F3N2OS. The number of benzene rings is 1. The number of nitrogens with two attached hydrogens (primary N) is 1. The van der Waals surface area contributed by atoms with Crippen LogP contribution in [0.4, 0.5) is 23.9 Å². The smallest absolute Gasteiger partial charge is 0.390 e. The van der Waals surface area contributed by atoms with Crippen LogP contribution in [-0.4, -0.2) is 5.91 Å². The van der Waals surface area contributed by atoms with Crippen molar-refractivity contribution >= 4 is 27.9 Å². The minimum absolute atomic E-state index is 0.111. The van der Waals surface area contributed by atoms with Crippen LogP contribution in [0.2, 0.25) is 0 Å². The fourth-order valence-electron chi connectivity index (χ4n) is 2.80. The molecule has 3 rings (SSSR count). The number of hydrogen-bond acceptors (Lipinski definition) is 3. The zero-order valence-electron chi connectivity index (χ0n) is 12.2. The van der Waals surface area contributed by atoms with Gasteiger partial charge >= 0.3 is 6.18 Å². The van der Waals surface area contributed by atoms with Gasteiger partial charge in [0, 0.05) is 10.6 Å². The van der Waals surface area contributed by atoms with Crippen molar-refractivity contribution in [2.75, 3.05) is 11.1 Å². The average Bonchev–Trinajstić information content (AvgIpc) is 2.82. The number of carbonyl (C=O) groups excluding carboxylic acids is 1. The number of halogens is 3. The molecular weight excluding hydrogens is 325 g/mol. The second-order valence-electron chi connectivity index (χ2n) is 5.48. The lowest BCUT2D eigenvalue weighted by Crippen LogP contribution is -2.16. The zero-order chi connectivity index (χ0) is 16.6. The SMILES string of the molecule is Nc1sc2c(c1C(=O)Nc1cccc(C(F)(F)F)c1)CCCC2. The summed E-state index contributed by atoms with van der Waals surface area (Å²) in [5.74, 6) is -0.443. The maximum Gasteiger partial charge on any atom is 0.416 e. The molecule has 3 nitrogen and oxygen atoms in total. The molecule has 0 atom stereocenters. The molecule has 0 saturated carbocycles. The summed E-state index contributed by atoms with van der Waals surface area (Å²) in [6, 6.07) is 4.59. The molecule has 7 heteroatoms. The highest BCUT2D eigenvalue weighted by Gasteiger charge is 2.31. The topological polar surface area (TPSA) is 55.1 Å². The van der Waals surface area contributed by atoms with Crippen molar-refractivity contribution in [1.29, 1.82) is 0 Å². The largest absolute Gasteiger partial charge is 0.416 e. The third-order valence-electron chi connectivity index (χ3n) is 3.87. The van der Waals surface area contributed by atoms with Gasteiger partial charge in [0.2, 0.25) is 0 Å². The van der Waals surface area contributed by atoms with Crippen LogP contribution in [-0.2, 0) is 19.0 Å². The number of rotatable bonds is 2. The van der Waals surface area contributed by atoms with Gasteiger partial charge in [0.15, 0.2) is 0 Å². The van der Waals surface area contributed by atoms with Crippen LogP contribution >= 0.6 is 11.3 Å². The maximum atomic E-state index is 12.7. The van der Waals surface area contributed by atoms with Crippen LogP contribution in [0.5, 0.6) is 0 Å². The fourth-order valence-corrected chi connectivity index (χ4v) is 3.96. The summed E-state index contributed by atoms with van der Waals surface area (Å²) in [7, 11) is 0. The van der Waals surface area contributed by atoms with E-state index in [1.807, 2.05) is 0 Å². The number of alkyl halides is 3. The fraction of sp³-hybridized carbons (Fsp3) is 0.312. The minimum atomic E-state index is -4.44. The van der Waals surface area contributed by atoms with E-state index in [4.69, 9.17) is 5.73 Å². The molecule has 0 saturated heterocycles. The zero-order valence-corrected chi connectivity index (χ0v) is 13.0. The van der Waals surface area contributed by atoms with Gasteiger partial charge in [-0.05, 0) is 49.4 Å². The lowest BCUT2D eigenvalue weighted by Gasteiger charge is -2.13. The van der Waals surface area contributed by atoms with Crippen LogP contribution in [0.3, 0.4) is 0 Å². The van der Waals surface area contributed by atoms with Crippen LogP contribution in [0.1, 0.15) is 39.2 Å². The second kappa shape index (κ2) is 5.88. The molecule has 0 bridgehead atoms. The molecule has 122 valence electrons. The van der Waals surface area contributed by atoms with Crippen molar-refractivity contribution in [3.63, 3.8) is 0 Å². The van der Waals surface area contributed by atoms with Crippen molar-refractivity contribution < 1.29 is 18.0 Å². The highest BCUT2D eigenvalue weighted by Crippen LogP contribution is 2.37. The molecule has 1 aromatic heterocycles. The number of aryl methyl sites for hydroxylation is 1. The van der Waals surface area contributed by atoms with E-state index in [9.17, 15) is 18.0 Å². The van der Waals surface area contributed by atoms with Gasteiger partial charge in [-0.15, -0.1) is 11.3 Å². The molecule has 0 radical (unpaired) electrons. The second-order valence-corrected chi connectivity index (χ2v) is 6.62. The first-order valence-corrected chi connectivity index (χ1v) is 8.06. The molecule has 1 amide bonds. The first-order chi connectivity index (χ1) is 10.9. The predicted octanol–water partition coefficient (Wildman–Crippen LogP) is 4.48. The first-order valence-electron chi connectivity index (χ1n) is 7.25. The number of thiophene rings is 1. The summed E-state index contributed by atoms with van der Waals surface area (Å²) in [4.78, 5) is 13.6. The van der Waals surface area contributed by atoms with Gasteiger partial charge in [0.25, 0.3) is 5.91 Å². The normalized spacial score (nSPS) is 14.4. The summed E-state index contributed by atoms with van der Waals surface area (Å²) in [5, 5.41) is 2.97. The highest BCUT2D eigenvalue weighted by molar-refractivity contribution is 7.16. The minimum Gasteiger partial charge on any atom is -0.390 e. The molecule has 2 aromatic rings. The number of anilines is 2. The Balaban J connectivity index is 1.87. The van der Waals surface area contributed by atoms with E-state index in [0.717, 1.165) is 48.3 Å². The third-order valence-corrected chi connectivity index (χ3v) is 4.99. The Morgan fingerprint density at radius 1 is 1.22 bits per heavy atom. The quantitative estimate of drug-likeness (QED) is 0.847. The van der Waals surface area contributed by atoms with Crippen molar-refractivity contribution in [3.05, 3.63) is 45.8 Å². The van der Waals surface area contributed by atoms with Gasteiger partial charge < -0.3 is 11.1 Å². The van der Waals surface area contributed by atoms with Crippen LogP contribution in [0.15, 0.2) is 24.3 Å². The van der Waals surface area contributed by atoms with E-state index in [2.05, 4.69) is 5.32 Å². The molecule has 1 aliphatic rings. The third kappa shape index (κ3) is 3.19. The van der Waals surface area contributed by atoms with Gasteiger partial charge in [-0.1, -0.05) is 6.07 Å². The number of amides is 1. The number of nitrogens with one attached hydrogen (secondary N) is 1. The Kier molecular flexibility index (Phi) is 4.06. The lowest BCUT2D eigenvalue weighted by molar-refractivity contribution is -0.137. The lowest BCUT2D eigenvalue weighted by atomic mass is 9.95. The van der Waals surface area contributed by atoms with Gasteiger partial charge in [-0.2, -0.15) is 13.2 Å².